The van der Waals surface area contributed by atoms with E-state index in [4.69, 9.17) is 11.6 Å². The molecule has 3 N–H and O–H groups in total. The number of carbonyl (C=O) groups excluding carboxylic acids is 1. The molecular weight excluding hydrogens is 228 g/mol. The fourth-order valence-electron chi connectivity index (χ4n) is 0.874. The quantitative estimate of drug-likeness (QED) is 0.414. The third-order valence-corrected chi connectivity index (χ3v) is 1.65. The van der Waals surface area contributed by atoms with E-state index in [1.54, 1.807) is 0 Å². The van der Waals surface area contributed by atoms with Crippen LogP contribution < -0.4 is 15.9 Å². The third-order valence-electron chi connectivity index (χ3n) is 1.38. The van der Waals surface area contributed by atoms with Crippen LogP contribution in [0.3, 0.4) is 0 Å². The Kier molecular flexibility index (Phi) is 3.00. The number of nitrogens with one attached hydrogen (secondary N) is 3. The Hall–Kier alpha value is -1.96. The summed E-state index contributed by atoms with van der Waals surface area (Å²) in [5.74, 6) is -0.560. The average molecular weight is 234 g/mol. The third kappa shape index (κ3) is 2.50. The molecular formula is C6H6ClN4O4+. The van der Waals surface area contributed by atoms with Crippen LogP contribution in [-0.2, 0) is 4.79 Å². The van der Waals surface area contributed by atoms with Gasteiger partial charge in [0.05, 0.1) is 4.92 Å². The maximum absolute atomic E-state index is 11.1. The van der Waals surface area contributed by atoms with Crippen molar-refractivity contribution in [3.8, 4) is 0 Å². The SMILES string of the molecule is CC(=O)Nc1[nH]c(=O)c([N+](=O)[O-])c(Cl)[nH+]1. The van der Waals surface area contributed by atoms with Gasteiger partial charge in [-0.3, -0.25) is 14.9 Å². The number of rotatable bonds is 2. The van der Waals surface area contributed by atoms with E-state index in [9.17, 15) is 19.7 Å². The summed E-state index contributed by atoms with van der Waals surface area (Å²) in [5, 5.41) is 12.1. The highest BCUT2D eigenvalue weighted by Crippen LogP contribution is 2.13. The number of hydrogen-bond acceptors (Lipinski definition) is 4. The van der Waals surface area contributed by atoms with E-state index in [0.717, 1.165) is 0 Å². The molecule has 0 saturated carbocycles. The molecule has 1 aromatic heterocycles. The number of hydrogen-bond donors (Lipinski definition) is 2. The van der Waals surface area contributed by atoms with Gasteiger partial charge in [0.2, 0.25) is 0 Å². The molecule has 0 unspecified atom stereocenters. The van der Waals surface area contributed by atoms with Crippen LogP contribution in [0, 0.1) is 10.1 Å². The van der Waals surface area contributed by atoms with Crippen LogP contribution in [-0.4, -0.2) is 15.8 Å². The first-order chi connectivity index (χ1) is 6.91. The summed E-state index contributed by atoms with van der Waals surface area (Å²) in [4.78, 5) is 35.5. The van der Waals surface area contributed by atoms with Crippen molar-refractivity contribution in [1.29, 1.82) is 0 Å². The smallest absolute Gasteiger partial charge is 0.258 e. The van der Waals surface area contributed by atoms with Crippen molar-refractivity contribution in [2.24, 2.45) is 0 Å². The molecule has 0 aliphatic rings. The van der Waals surface area contributed by atoms with Crippen LogP contribution in [0.5, 0.6) is 0 Å². The fraction of sp³-hybridized carbons (Fsp3) is 0.167. The molecule has 0 atom stereocenters. The van der Waals surface area contributed by atoms with Crippen molar-refractivity contribution in [3.63, 3.8) is 0 Å². The minimum Gasteiger partial charge on any atom is -0.258 e. The number of anilines is 1. The minimum absolute atomic E-state index is 0.108. The van der Waals surface area contributed by atoms with E-state index in [1.807, 2.05) is 0 Å². The Labute approximate surface area is 87.4 Å². The summed E-state index contributed by atoms with van der Waals surface area (Å²) in [5.41, 5.74) is -1.79. The molecule has 0 spiro atoms. The zero-order chi connectivity index (χ0) is 11.6. The lowest BCUT2D eigenvalue weighted by molar-refractivity contribution is -0.415. The molecule has 0 aliphatic heterocycles. The van der Waals surface area contributed by atoms with Gasteiger partial charge in [-0.05, 0) is 11.6 Å². The highest BCUT2D eigenvalue weighted by Gasteiger charge is 2.24. The molecule has 9 heteroatoms. The van der Waals surface area contributed by atoms with Crippen LogP contribution in [0.1, 0.15) is 6.92 Å². The van der Waals surface area contributed by atoms with Crippen molar-refractivity contribution in [1.82, 2.24) is 4.98 Å². The van der Waals surface area contributed by atoms with Crippen LogP contribution >= 0.6 is 11.6 Å². The number of nitro groups is 1. The molecule has 1 rings (SSSR count). The van der Waals surface area contributed by atoms with Gasteiger partial charge in [0.15, 0.2) is 0 Å². The summed E-state index contributed by atoms with van der Waals surface area (Å²) < 4.78 is 0. The Bertz CT molecular complexity index is 483. The van der Waals surface area contributed by atoms with Crippen molar-refractivity contribution >= 4 is 29.1 Å². The Balaban J connectivity index is 3.26. The van der Waals surface area contributed by atoms with Crippen LogP contribution in [0.25, 0.3) is 0 Å². The summed E-state index contributed by atoms with van der Waals surface area (Å²) in [6.07, 6.45) is 0. The molecule has 0 saturated heterocycles. The average Bonchev–Trinajstić information content (AvgIpc) is 1.99. The highest BCUT2D eigenvalue weighted by atomic mass is 35.5. The van der Waals surface area contributed by atoms with Gasteiger partial charge in [-0.1, -0.05) is 0 Å². The first-order valence-electron chi connectivity index (χ1n) is 3.69. The first kappa shape index (κ1) is 11.1. The van der Waals surface area contributed by atoms with E-state index in [0.29, 0.717) is 0 Å². The maximum atomic E-state index is 11.1. The second-order valence-corrected chi connectivity index (χ2v) is 2.93. The fourth-order valence-corrected chi connectivity index (χ4v) is 1.12. The lowest BCUT2D eigenvalue weighted by Gasteiger charge is -1.94. The lowest BCUT2D eigenvalue weighted by atomic mass is 10.5. The van der Waals surface area contributed by atoms with E-state index in [2.05, 4.69) is 15.3 Å². The summed E-state index contributed by atoms with van der Waals surface area (Å²) in [6, 6.07) is 0. The zero-order valence-corrected chi connectivity index (χ0v) is 8.21. The van der Waals surface area contributed by atoms with Gasteiger partial charge in [-0.2, -0.15) is 0 Å². The van der Waals surface area contributed by atoms with E-state index in [-0.39, 0.29) is 5.95 Å². The Morgan fingerprint density at radius 2 is 2.27 bits per heavy atom. The normalized spacial score (nSPS) is 9.73. The Morgan fingerprint density at radius 1 is 1.67 bits per heavy atom. The van der Waals surface area contributed by atoms with Crippen molar-refractivity contribution in [3.05, 3.63) is 25.6 Å². The Morgan fingerprint density at radius 3 is 2.67 bits per heavy atom. The first-order valence-corrected chi connectivity index (χ1v) is 4.06. The number of aromatic amines is 2. The second kappa shape index (κ2) is 4.05. The maximum Gasteiger partial charge on any atom is 0.399 e. The van der Waals surface area contributed by atoms with Crippen LogP contribution in [0.2, 0.25) is 5.15 Å². The zero-order valence-electron chi connectivity index (χ0n) is 7.46. The molecule has 0 bridgehead atoms. The van der Waals surface area contributed by atoms with Crippen LogP contribution in [0.15, 0.2) is 4.79 Å². The molecule has 15 heavy (non-hydrogen) atoms. The summed E-state index contributed by atoms with van der Waals surface area (Å²) >= 11 is 5.44. The minimum atomic E-state index is -0.993. The van der Waals surface area contributed by atoms with Gasteiger partial charge in [-0.25, -0.2) is 20.1 Å². The molecule has 0 radical (unpaired) electrons. The number of nitrogens with zero attached hydrogens (tertiary/aromatic N) is 1. The molecule has 0 aromatic carbocycles. The van der Waals surface area contributed by atoms with Gasteiger partial charge in [-0.15, -0.1) is 0 Å². The van der Waals surface area contributed by atoms with Gasteiger partial charge >= 0.3 is 17.2 Å². The van der Waals surface area contributed by atoms with Crippen molar-refractivity contribution in [2.45, 2.75) is 6.92 Å². The van der Waals surface area contributed by atoms with Crippen LogP contribution in [0.4, 0.5) is 11.6 Å². The van der Waals surface area contributed by atoms with E-state index >= 15 is 0 Å². The number of amides is 1. The molecule has 8 nitrogen and oxygen atoms in total. The molecule has 0 fully saturated rings. The lowest BCUT2D eigenvalue weighted by Crippen LogP contribution is -2.27. The predicted molar refractivity (Wildman–Crippen MR) is 49.6 cm³/mol. The van der Waals surface area contributed by atoms with Gasteiger partial charge in [0.1, 0.15) is 0 Å². The van der Waals surface area contributed by atoms with Gasteiger partial charge in [0, 0.05) is 6.92 Å². The molecule has 0 aliphatic carbocycles. The molecule has 1 heterocycles. The summed E-state index contributed by atoms with van der Waals surface area (Å²) in [6.45, 7) is 1.21. The van der Waals surface area contributed by atoms with E-state index < -0.39 is 27.2 Å². The van der Waals surface area contributed by atoms with Crippen molar-refractivity contribution < 1.29 is 14.7 Å². The summed E-state index contributed by atoms with van der Waals surface area (Å²) in [7, 11) is 0. The monoisotopic (exact) mass is 233 g/mol. The topological polar surface area (TPSA) is 119 Å². The number of halogens is 1. The highest BCUT2D eigenvalue weighted by molar-refractivity contribution is 6.30. The predicted octanol–water partition coefficient (Wildman–Crippen LogP) is -0.291. The number of H-pyrrole nitrogens is 2. The second-order valence-electron chi connectivity index (χ2n) is 2.56. The number of carbonyl (C=O) groups is 1. The molecule has 1 aromatic rings. The van der Waals surface area contributed by atoms with E-state index in [1.165, 1.54) is 6.92 Å². The van der Waals surface area contributed by atoms with Crippen molar-refractivity contribution in [2.75, 3.05) is 5.32 Å². The standard InChI is InChI=1S/C6H5ClN4O4/c1-2(12)8-6-9-4(7)3(11(14)15)5(13)10-6/h1H3,(H2,8,9,10,12,13)/p+1. The van der Waals surface area contributed by atoms with Gasteiger partial charge in [0.25, 0.3) is 11.1 Å². The van der Waals surface area contributed by atoms with Gasteiger partial charge < -0.3 is 0 Å². The molecule has 1 amide bonds. The number of aromatic nitrogens is 2. The molecule has 80 valence electrons. The largest absolute Gasteiger partial charge is 0.399 e.